The van der Waals surface area contributed by atoms with Crippen molar-refractivity contribution in [2.24, 2.45) is 0 Å². The van der Waals surface area contributed by atoms with Crippen molar-refractivity contribution >= 4 is 31.5 Å². The number of nitrogens with one attached hydrogen (secondary N) is 1. The average molecular weight is 545 g/mol. The number of nitrogens with zero attached hydrogens (tertiary/aromatic N) is 2. The molecule has 2 unspecified atom stereocenters. The fraction of sp³-hybridized carbons (Fsp3) is 0.381. The Balaban J connectivity index is 1.38. The minimum absolute atomic E-state index is 0.241. The fourth-order valence-corrected chi connectivity index (χ4v) is 3.98. The normalized spacial score (nSPS) is 18.8. The summed E-state index contributed by atoms with van der Waals surface area (Å²) in [5, 5.41) is 2.89. The van der Waals surface area contributed by atoms with Crippen molar-refractivity contribution in [1.82, 2.24) is 9.55 Å². The van der Waals surface area contributed by atoms with Crippen molar-refractivity contribution in [3.63, 3.8) is 0 Å². The zero-order valence-corrected chi connectivity index (χ0v) is 20.3. The summed E-state index contributed by atoms with van der Waals surface area (Å²) >= 11 is 0. The second-order valence-electron chi connectivity index (χ2n) is 7.79. The molecule has 0 aliphatic carbocycles. The van der Waals surface area contributed by atoms with Gasteiger partial charge in [0.1, 0.15) is 17.3 Å². The number of alkyl halides is 2. The number of anilines is 1. The molecule has 0 spiro atoms. The summed E-state index contributed by atoms with van der Waals surface area (Å²) < 4.78 is 60.2. The van der Waals surface area contributed by atoms with E-state index in [4.69, 9.17) is 33.2 Å². The molecule has 1 aliphatic rings. The fourth-order valence-electron chi connectivity index (χ4n) is 3.68. The first-order chi connectivity index (χ1) is 17.6. The number of carbonyl (C=O) groups excluding carboxylic acids is 1. The van der Waals surface area contributed by atoms with Gasteiger partial charge in [-0.25, -0.2) is 18.4 Å². The first-order valence-corrected chi connectivity index (χ1v) is 11.8. The average Bonchev–Trinajstić information content (AvgIpc) is 3.40. The van der Waals surface area contributed by atoms with E-state index >= 15 is 0 Å². The highest BCUT2D eigenvalue weighted by molar-refractivity contribution is 7.39. The molecule has 16 heteroatoms. The van der Waals surface area contributed by atoms with Crippen molar-refractivity contribution in [1.29, 1.82) is 0 Å². The third kappa shape index (κ3) is 6.14. The Morgan fingerprint density at radius 2 is 2.08 bits per heavy atom. The second kappa shape index (κ2) is 10.9. The number of fused-ring (bicyclic) bond motifs is 1. The molecule has 200 valence electrons. The molecule has 4 rings (SSSR count). The minimum Gasteiger partial charge on any atom is -0.497 e. The van der Waals surface area contributed by atoms with Crippen LogP contribution in [0.25, 0.3) is 11.0 Å². The number of hydrogen-bond donors (Lipinski definition) is 3. The number of amides is 1. The number of ether oxygens (including phenoxy) is 4. The van der Waals surface area contributed by atoms with Gasteiger partial charge in [-0.3, -0.25) is 9.88 Å². The quantitative estimate of drug-likeness (QED) is 0.339. The van der Waals surface area contributed by atoms with Gasteiger partial charge in [0, 0.05) is 24.1 Å². The van der Waals surface area contributed by atoms with Gasteiger partial charge in [0.15, 0.2) is 17.9 Å². The molecule has 0 radical (unpaired) electrons. The maximum atomic E-state index is 14.4. The molecule has 37 heavy (non-hydrogen) atoms. The van der Waals surface area contributed by atoms with Gasteiger partial charge in [0.25, 0.3) is 5.92 Å². The van der Waals surface area contributed by atoms with Crippen LogP contribution in [0.4, 0.5) is 19.4 Å². The topological polar surface area (TPSA) is 164 Å². The first kappa shape index (κ1) is 26.7. The van der Waals surface area contributed by atoms with Crippen molar-refractivity contribution < 1.29 is 51.3 Å². The number of rotatable bonds is 9. The lowest BCUT2D eigenvalue weighted by Gasteiger charge is -2.20. The van der Waals surface area contributed by atoms with Crippen LogP contribution in [0.3, 0.4) is 0 Å². The zero-order valence-electron chi connectivity index (χ0n) is 19.4. The zero-order chi connectivity index (χ0) is 26.7. The van der Waals surface area contributed by atoms with Crippen LogP contribution >= 0.6 is 8.60 Å². The van der Waals surface area contributed by atoms with Gasteiger partial charge in [-0.1, -0.05) is 0 Å². The minimum atomic E-state index is -3.46. The van der Waals surface area contributed by atoms with Gasteiger partial charge in [-0.2, -0.15) is 4.98 Å². The highest BCUT2D eigenvalue weighted by Crippen LogP contribution is 2.43. The highest BCUT2D eigenvalue weighted by Gasteiger charge is 2.52. The van der Waals surface area contributed by atoms with E-state index in [-0.39, 0.29) is 12.4 Å². The summed E-state index contributed by atoms with van der Waals surface area (Å²) in [7, 11) is 0.237. The van der Waals surface area contributed by atoms with Gasteiger partial charge < -0.3 is 37.7 Å². The van der Waals surface area contributed by atoms with E-state index in [1.807, 2.05) is 0 Å². The Hall–Kier alpha value is -3.36. The molecular weight excluding hydrogens is 523 g/mol. The molecule has 1 saturated heterocycles. The Morgan fingerprint density at radius 1 is 1.30 bits per heavy atom. The summed E-state index contributed by atoms with van der Waals surface area (Å²) in [6, 6.07) is 6.10. The van der Waals surface area contributed by atoms with Gasteiger partial charge >= 0.3 is 20.4 Å². The molecule has 0 saturated carbocycles. The highest BCUT2D eigenvalue weighted by atomic mass is 31.2. The van der Waals surface area contributed by atoms with E-state index in [1.165, 1.54) is 14.2 Å². The largest absolute Gasteiger partial charge is 0.497 e. The third-order valence-corrected chi connectivity index (χ3v) is 5.66. The van der Waals surface area contributed by atoms with Crippen LogP contribution in [0, 0.1) is 0 Å². The van der Waals surface area contributed by atoms with Crippen molar-refractivity contribution in [2.45, 2.75) is 31.3 Å². The van der Waals surface area contributed by atoms with Crippen LogP contribution in [0.1, 0.15) is 18.4 Å². The first-order valence-electron chi connectivity index (χ1n) is 10.6. The Morgan fingerprint density at radius 3 is 2.76 bits per heavy atom. The molecule has 3 heterocycles. The number of halogens is 2. The molecule has 0 bridgehead atoms. The van der Waals surface area contributed by atoms with E-state index in [0.717, 1.165) is 12.3 Å². The smallest absolute Gasteiger partial charge is 0.413 e. The van der Waals surface area contributed by atoms with Gasteiger partial charge in [0.05, 0.1) is 26.9 Å². The Kier molecular flexibility index (Phi) is 7.90. The van der Waals surface area contributed by atoms with Crippen LogP contribution in [0.2, 0.25) is 0 Å². The molecule has 3 N–H and O–H groups in total. The predicted molar refractivity (Wildman–Crippen MR) is 122 cm³/mol. The number of hydrogen-bond acceptors (Lipinski definition) is 11. The molecule has 2 aromatic heterocycles. The summed E-state index contributed by atoms with van der Waals surface area (Å²) in [5.74, 6) is -2.42. The maximum Gasteiger partial charge on any atom is 0.413 e. The molecule has 1 aliphatic heterocycles. The molecule has 1 amide bonds. The summed E-state index contributed by atoms with van der Waals surface area (Å²) in [6.45, 7) is -0.761. The van der Waals surface area contributed by atoms with E-state index in [2.05, 4.69) is 14.8 Å². The number of benzene rings is 1. The summed E-state index contributed by atoms with van der Waals surface area (Å²) in [6.07, 6.45) is -3.96. The van der Waals surface area contributed by atoms with E-state index in [1.54, 1.807) is 18.2 Å². The number of furan rings is 1. The Bertz CT molecular complexity index is 1330. The number of methoxy groups -OCH3 is 2. The number of aromatic nitrogens is 2. The number of carbonyl (C=O) groups is 1. The summed E-state index contributed by atoms with van der Waals surface area (Å²) in [5.41, 5.74) is -0.685. The molecule has 3 aromatic rings. The van der Waals surface area contributed by atoms with Gasteiger partial charge in [-0.05, 0) is 18.2 Å². The molecule has 2 atom stereocenters. The van der Waals surface area contributed by atoms with E-state index in [9.17, 15) is 18.4 Å². The lowest BCUT2D eigenvalue weighted by atomic mass is 10.2. The van der Waals surface area contributed by atoms with Crippen molar-refractivity contribution in [3.8, 4) is 11.5 Å². The standard InChI is InChI=1S/C21H22F2N3O10P/c1-31-12-5-11-6-13(35-17(11)15(7-12)32-2)9-33-20(28)25-16-3-4-26(19(27)24-16)18-21(22,23)8-14(36-18)10-34-37(29)30/h3-7,14,18,29-30H,8-10H2,1-2H3,(H,24,25,27,28). The van der Waals surface area contributed by atoms with Crippen LogP contribution in [-0.4, -0.2) is 58.3 Å². The van der Waals surface area contributed by atoms with Crippen LogP contribution < -0.4 is 20.5 Å². The summed E-state index contributed by atoms with van der Waals surface area (Å²) in [4.78, 5) is 45.7. The third-order valence-electron chi connectivity index (χ3n) is 5.28. The molecule has 1 aromatic carbocycles. The molecule has 13 nitrogen and oxygen atoms in total. The van der Waals surface area contributed by atoms with E-state index in [0.29, 0.717) is 32.8 Å². The van der Waals surface area contributed by atoms with Crippen LogP contribution in [0.5, 0.6) is 11.5 Å². The molecular formula is C21H22F2N3O10P. The van der Waals surface area contributed by atoms with Crippen molar-refractivity contribution in [2.75, 3.05) is 26.1 Å². The SMILES string of the molecule is COc1cc(OC)c2oc(COC(=O)Nc3ccn(C4OC(COP(O)O)CC4(F)F)c(=O)n3)cc2c1. The van der Waals surface area contributed by atoms with Gasteiger partial charge in [-0.15, -0.1) is 0 Å². The lowest BCUT2D eigenvalue weighted by molar-refractivity contribution is -0.119. The Labute approximate surface area is 208 Å². The van der Waals surface area contributed by atoms with Crippen LogP contribution in [-0.2, 0) is 20.6 Å². The van der Waals surface area contributed by atoms with E-state index < -0.39 is 51.7 Å². The lowest BCUT2D eigenvalue weighted by Crippen LogP contribution is -2.35. The maximum absolute atomic E-state index is 14.4. The predicted octanol–water partition coefficient (Wildman–Crippen LogP) is 2.91. The van der Waals surface area contributed by atoms with Crippen LogP contribution in [0.15, 0.2) is 39.7 Å². The monoisotopic (exact) mass is 545 g/mol. The van der Waals surface area contributed by atoms with Gasteiger partial charge in [0.2, 0.25) is 6.23 Å². The van der Waals surface area contributed by atoms with Crippen molar-refractivity contribution in [3.05, 3.63) is 46.7 Å². The second-order valence-corrected chi connectivity index (χ2v) is 8.55. The molecule has 1 fully saturated rings.